The molecular formula is C23H28N2O4S. The van der Waals surface area contributed by atoms with E-state index in [1.807, 2.05) is 18.2 Å². The topological polar surface area (TPSA) is 75.7 Å². The third-order valence-corrected chi connectivity index (χ3v) is 7.47. The lowest BCUT2D eigenvalue weighted by Gasteiger charge is -2.35. The molecule has 7 heteroatoms. The van der Waals surface area contributed by atoms with Gasteiger partial charge in [-0.2, -0.15) is 0 Å². The summed E-state index contributed by atoms with van der Waals surface area (Å²) in [6.07, 6.45) is 5.67. The summed E-state index contributed by atoms with van der Waals surface area (Å²) < 4.78 is 33.8. The first-order chi connectivity index (χ1) is 14.5. The molecular weight excluding hydrogens is 400 g/mol. The summed E-state index contributed by atoms with van der Waals surface area (Å²) in [4.78, 5) is 13.0. The van der Waals surface area contributed by atoms with Crippen molar-refractivity contribution < 1.29 is 17.9 Å². The second-order valence-electron chi connectivity index (χ2n) is 8.04. The second kappa shape index (κ2) is 9.08. The smallest absolute Gasteiger partial charge is 0.263 e. The summed E-state index contributed by atoms with van der Waals surface area (Å²) in [6, 6.07) is 16.2. The predicted molar refractivity (Wildman–Crippen MR) is 117 cm³/mol. The molecule has 1 amide bonds. The van der Waals surface area contributed by atoms with Gasteiger partial charge in [0.15, 0.2) is 6.10 Å². The number of nitrogens with one attached hydrogen (secondary N) is 1. The SMILES string of the molecule is O=C(NC1CCCCCC1)[C@@H]1CN(S(=O)(=O)Cc2ccccc2)c2ccccc2O1. The Morgan fingerprint density at radius 1 is 0.967 bits per heavy atom. The van der Waals surface area contributed by atoms with Crippen molar-refractivity contribution in [3.8, 4) is 5.75 Å². The molecule has 30 heavy (non-hydrogen) atoms. The summed E-state index contributed by atoms with van der Waals surface area (Å²) in [5.74, 6) is 0.0526. The highest BCUT2D eigenvalue weighted by Crippen LogP contribution is 2.36. The molecule has 0 bridgehead atoms. The Labute approximate surface area is 178 Å². The van der Waals surface area contributed by atoms with Gasteiger partial charge in [0.1, 0.15) is 5.75 Å². The first-order valence-corrected chi connectivity index (χ1v) is 12.2. The molecule has 0 unspecified atom stereocenters. The highest BCUT2D eigenvalue weighted by atomic mass is 32.2. The molecule has 0 radical (unpaired) electrons. The number of sulfonamides is 1. The van der Waals surface area contributed by atoms with Crippen molar-refractivity contribution in [2.45, 2.75) is 56.4 Å². The lowest BCUT2D eigenvalue weighted by atomic mass is 10.1. The highest BCUT2D eigenvalue weighted by Gasteiger charge is 2.37. The molecule has 1 fully saturated rings. The van der Waals surface area contributed by atoms with Crippen molar-refractivity contribution >= 4 is 21.6 Å². The van der Waals surface area contributed by atoms with Crippen LogP contribution in [0.25, 0.3) is 0 Å². The van der Waals surface area contributed by atoms with Gasteiger partial charge >= 0.3 is 0 Å². The van der Waals surface area contributed by atoms with Gasteiger partial charge in [-0.25, -0.2) is 8.42 Å². The minimum atomic E-state index is -3.68. The lowest BCUT2D eigenvalue weighted by molar-refractivity contribution is -0.128. The van der Waals surface area contributed by atoms with E-state index in [4.69, 9.17) is 4.74 Å². The third-order valence-electron chi connectivity index (χ3n) is 5.76. The maximum absolute atomic E-state index is 13.3. The highest BCUT2D eigenvalue weighted by molar-refractivity contribution is 7.92. The van der Waals surface area contributed by atoms with E-state index in [1.54, 1.807) is 36.4 Å². The summed E-state index contributed by atoms with van der Waals surface area (Å²) in [5, 5.41) is 3.10. The number of benzene rings is 2. The van der Waals surface area contributed by atoms with Crippen molar-refractivity contribution in [1.82, 2.24) is 5.32 Å². The van der Waals surface area contributed by atoms with Crippen LogP contribution in [0.15, 0.2) is 54.6 Å². The van der Waals surface area contributed by atoms with Crippen LogP contribution < -0.4 is 14.4 Å². The van der Waals surface area contributed by atoms with Crippen LogP contribution in [0.3, 0.4) is 0 Å². The molecule has 2 aliphatic rings. The van der Waals surface area contributed by atoms with E-state index < -0.39 is 16.1 Å². The van der Waals surface area contributed by atoms with Gasteiger partial charge < -0.3 is 10.1 Å². The van der Waals surface area contributed by atoms with Crippen molar-refractivity contribution in [3.05, 3.63) is 60.2 Å². The second-order valence-corrected chi connectivity index (χ2v) is 9.94. The lowest BCUT2D eigenvalue weighted by Crippen LogP contribution is -2.52. The number of carbonyl (C=O) groups is 1. The zero-order valence-corrected chi connectivity index (χ0v) is 17.8. The Hall–Kier alpha value is -2.54. The predicted octanol–water partition coefficient (Wildman–Crippen LogP) is 3.62. The van der Waals surface area contributed by atoms with Crippen molar-refractivity contribution in [1.29, 1.82) is 0 Å². The largest absolute Gasteiger partial charge is 0.476 e. The Balaban J connectivity index is 1.55. The monoisotopic (exact) mass is 428 g/mol. The molecule has 2 aromatic rings. The Morgan fingerprint density at radius 3 is 2.37 bits per heavy atom. The van der Waals surface area contributed by atoms with Crippen LogP contribution in [0, 0.1) is 0 Å². The molecule has 160 valence electrons. The normalized spacial score (nSPS) is 20.0. The van der Waals surface area contributed by atoms with Gasteiger partial charge in [-0.1, -0.05) is 68.1 Å². The summed E-state index contributed by atoms with van der Waals surface area (Å²) in [7, 11) is -3.68. The molecule has 1 aliphatic heterocycles. The molecule has 1 heterocycles. The number of nitrogens with zero attached hydrogens (tertiary/aromatic N) is 1. The Bertz CT molecular complexity index is 970. The van der Waals surface area contributed by atoms with Gasteiger partial charge in [0.25, 0.3) is 5.91 Å². The zero-order valence-electron chi connectivity index (χ0n) is 17.0. The van der Waals surface area contributed by atoms with Crippen molar-refractivity contribution in [2.24, 2.45) is 0 Å². The molecule has 4 rings (SSSR count). The van der Waals surface area contributed by atoms with Gasteiger partial charge in [0, 0.05) is 6.04 Å². The molecule has 0 spiro atoms. The minimum Gasteiger partial charge on any atom is -0.476 e. The Morgan fingerprint density at radius 2 is 1.63 bits per heavy atom. The van der Waals surface area contributed by atoms with Gasteiger partial charge in [-0.05, 0) is 30.5 Å². The number of hydrogen-bond acceptors (Lipinski definition) is 4. The van der Waals surface area contributed by atoms with E-state index in [0.29, 0.717) is 17.0 Å². The molecule has 1 N–H and O–H groups in total. The van der Waals surface area contributed by atoms with E-state index in [0.717, 1.165) is 25.7 Å². The van der Waals surface area contributed by atoms with E-state index in [2.05, 4.69) is 5.32 Å². The number of para-hydroxylation sites is 2. The van der Waals surface area contributed by atoms with Crippen LogP contribution in [-0.2, 0) is 20.6 Å². The number of anilines is 1. The maximum atomic E-state index is 13.3. The van der Waals surface area contributed by atoms with Crippen LogP contribution in [0.5, 0.6) is 5.75 Å². The standard InChI is InChI=1S/C23H28N2O4S/c26-23(24-19-12-6-1-2-7-13-19)22-16-25(20-14-8-9-15-21(20)29-22)30(27,28)17-18-10-4-3-5-11-18/h3-5,8-11,14-15,19,22H,1-2,6-7,12-13,16-17H2,(H,24,26)/t22-/m0/s1. The van der Waals surface area contributed by atoms with Gasteiger partial charge in [0.2, 0.25) is 10.0 Å². The van der Waals surface area contributed by atoms with Crippen LogP contribution in [-0.4, -0.2) is 33.0 Å². The average molecular weight is 429 g/mol. The van der Waals surface area contributed by atoms with Crippen LogP contribution in [0.2, 0.25) is 0 Å². The van der Waals surface area contributed by atoms with Gasteiger partial charge in [-0.15, -0.1) is 0 Å². The first-order valence-electron chi connectivity index (χ1n) is 10.6. The summed E-state index contributed by atoms with van der Waals surface area (Å²) in [6.45, 7) is -0.0231. The molecule has 6 nitrogen and oxygen atoms in total. The third kappa shape index (κ3) is 4.78. The fraction of sp³-hybridized carbons (Fsp3) is 0.435. The number of fused-ring (bicyclic) bond motifs is 1. The number of hydrogen-bond donors (Lipinski definition) is 1. The number of amides is 1. The first kappa shape index (κ1) is 20.7. The van der Waals surface area contributed by atoms with Crippen molar-refractivity contribution in [3.63, 3.8) is 0 Å². The van der Waals surface area contributed by atoms with E-state index in [1.165, 1.54) is 17.1 Å². The molecule has 1 atom stereocenters. The minimum absolute atomic E-state index is 0.0231. The maximum Gasteiger partial charge on any atom is 0.263 e. The van der Waals surface area contributed by atoms with E-state index in [9.17, 15) is 13.2 Å². The molecule has 0 aromatic heterocycles. The number of rotatable bonds is 5. The molecule has 1 saturated carbocycles. The molecule has 1 aliphatic carbocycles. The number of carbonyl (C=O) groups excluding carboxylic acids is 1. The van der Waals surface area contributed by atoms with Crippen LogP contribution in [0.1, 0.15) is 44.1 Å². The van der Waals surface area contributed by atoms with Gasteiger partial charge in [-0.3, -0.25) is 9.10 Å². The summed E-state index contributed by atoms with van der Waals surface area (Å²) >= 11 is 0. The molecule has 0 saturated heterocycles. The molecule has 2 aromatic carbocycles. The Kier molecular flexibility index (Phi) is 6.27. The summed E-state index contributed by atoms with van der Waals surface area (Å²) in [5.41, 5.74) is 1.19. The van der Waals surface area contributed by atoms with E-state index >= 15 is 0 Å². The van der Waals surface area contributed by atoms with Crippen LogP contribution in [0.4, 0.5) is 5.69 Å². The zero-order chi connectivity index (χ0) is 21.0. The fourth-order valence-electron chi connectivity index (χ4n) is 4.18. The van der Waals surface area contributed by atoms with Crippen LogP contribution >= 0.6 is 0 Å². The van der Waals surface area contributed by atoms with Crippen molar-refractivity contribution in [2.75, 3.05) is 10.8 Å². The number of ether oxygens (including phenoxy) is 1. The fourth-order valence-corrected chi connectivity index (χ4v) is 5.77. The van der Waals surface area contributed by atoms with E-state index in [-0.39, 0.29) is 24.2 Å². The quantitative estimate of drug-likeness (QED) is 0.738. The average Bonchev–Trinajstić information content (AvgIpc) is 3.02. The van der Waals surface area contributed by atoms with Gasteiger partial charge in [0.05, 0.1) is 18.0 Å².